The van der Waals surface area contributed by atoms with Crippen molar-refractivity contribution >= 4 is 17.5 Å². The summed E-state index contributed by atoms with van der Waals surface area (Å²) >= 11 is 0. The Balaban J connectivity index is 1.25. The maximum atomic E-state index is 12.4. The number of carbonyl (C=O) groups is 2. The molecule has 3 atom stereocenters. The van der Waals surface area contributed by atoms with Crippen LogP contribution in [-0.2, 0) is 16.1 Å². The quantitative estimate of drug-likeness (QED) is 0.702. The van der Waals surface area contributed by atoms with E-state index in [4.69, 9.17) is 5.73 Å². The number of anilines is 1. The third-order valence-electron chi connectivity index (χ3n) is 6.60. The zero-order valence-electron chi connectivity index (χ0n) is 16.5. The van der Waals surface area contributed by atoms with Crippen LogP contribution in [0.4, 0.5) is 5.69 Å². The number of piperidine rings is 2. The van der Waals surface area contributed by atoms with Gasteiger partial charge >= 0.3 is 0 Å². The summed E-state index contributed by atoms with van der Waals surface area (Å²) < 4.78 is 0. The summed E-state index contributed by atoms with van der Waals surface area (Å²) in [5.41, 5.74) is 7.52. The van der Waals surface area contributed by atoms with E-state index in [0.717, 1.165) is 51.0 Å². The van der Waals surface area contributed by atoms with E-state index >= 15 is 0 Å². The minimum absolute atomic E-state index is 0.0301. The van der Waals surface area contributed by atoms with Gasteiger partial charge in [-0.3, -0.25) is 14.5 Å². The van der Waals surface area contributed by atoms with Crippen LogP contribution in [0, 0.1) is 11.8 Å². The van der Waals surface area contributed by atoms with Crippen molar-refractivity contribution in [3.8, 4) is 0 Å². The third kappa shape index (κ3) is 4.92. The van der Waals surface area contributed by atoms with Crippen LogP contribution in [0.1, 0.15) is 50.5 Å². The molecule has 4 rings (SSSR count). The molecule has 3 heterocycles. The predicted molar refractivity (Wildman–Crippen MR) is 110 cm³/mol. The average Bonchev–Trinajstić information content (AvgIpc) is 3.02. The monoisotopic (exact) mass is 384 g/mol. The molecule has 152 valence electrons. The summed E-state index contributed by atoms with van der Waals surface area (Å²) in [5, 5.41) is 6.69. The number of nitrogens with one attached hydrogen (secondary N) is 2. The van der Waals surface area contributed by atoms with Crippen molar-refractivity contribution in [1.29, 1.82) is 0 Å². The second-order valence-corrected chi connectivity index (χ2v) is 8.90. The van der Waals surface area contributed by atoms with E-state index in [2.05, 4.69) is 27.7 Å². The molecule has 0 aromatic heterocycles. The number of amides is 2. The van der Waals surface area contributed by atoms with Crippen molar-refractivity contribution in [3.05, 3.63) is 29.8 Å². The largest absolute Gasteiger partial charge is 0.369 e. The maximum absolute atomic E-state index is 12.4. The first-order valence-electron chi connectivity index (χ1n) is 10.7. The molecule has 0 aliphatic carbocycles. The SMILES string of the molecule is NC(=O)C1CCCN(Cc2ccc(NC(=O)CC3CC4CCC(C3)N4)cc2)C1. The molecule has 3 saturated heterocycles. The van der Waals surface area contributed by atoms with E-state index in [1.165, 1.54) is 18.4 Å². The van der Waals surface area contributed by atoms with Crippen molar-refractivity contribution < 1.29 is 9.59 Å². The topological polar surface area (TPSA) is 87.5 Å². The molecule has 3 aliphatic heterocycles. The first kappa shape index (κ1) is 19.4. The van der Waals surface area contributed by atoms with Crippen LogP contribution >= 0.6 is 0 Å². The minimum Gasteiger partial charge on any atom is -0.369 e. The highest BCUT2D eigenvalue weighted by Crippen LogP contribution is 2.32. The molecular weight excluding hydrogens is 352 g/mol. The van der Waals surface area contributed by atoms with Crippen molar-refractivity contribution in [3.63, 3.8) is 0 Å². The Hall–Kier alpha value is -1.92. The Morgan fingerprint density at radius 3 is 2.50 bits per heavy atom. The fraction of sp³-hybridized carbons (Fsp3) is 0.636. The van der Waals surface area contributed by atoms with Gasteiger partial charge in [-0.05, 0) is 68.7 Å². The van der Waals surface area contributed by atoms with Gasteiger partial charge in [0.05, 0.1) is 5.92 Å². The number of hydrogen-bond donors (Lipinski definition) is 3. The van der Waals surface area contributed by atoms with Gasteiger partial charge in [-0.2, -0.15) is 0 Å². The number of hydrogen-bond acceptors (Lipinski definition) is 4. The average molecular weight is 385 g/mol. The summed E-state index contributed by atoms with van der Waals surface area (Å²) in [6.07, 6.45) is 7.33. The summed E-state index contributed by atoms with van der Waals surface area (Å²) in [6, 6.07) is 9.34. The molecule has 1 aromatic rings. The minimum atomic E-state index is -0.190. The lowest BCUT2D eigenvalue weighted by atomic mass is 9.89. The van der Waals surface area contributed by atoms with Crippen LogP contribution in [0.5, 0.6) is 0 Å². The molecule has 3 fully saturated rings. The Morgan fingerprint density at radius 2 is 1.82 bits per heavy atom. The fourth-order valence-corrected chi connectivity index (χ4v) is 5.20. The van der Waals surface area contributed by atoms with Crippen LogP contribution in [0.3, 0.4) is 0 Å². The predicted octanol–water partition coefficient (Wildman–Crippen LogP) is 2.24. The molecule has 0 spiro atoms. The molecule has 28 heavy (non-hydrogen) atoms. The van der Waals surface area contributed by atoms with Crippen LogP contribution in [-0.4, -0.2) is 41.9 Å². The molecule has 2 bridgehead atoms. The van der Waals surface area contributed by atoms with E-state index in [9.17, 15) is 9.59 Å². The molecule has 3 unspecified atom stereocenters. The second-order valence-electron chi connectivity index (χ2n) is 8.90. The fourth-order valence-electron chi connectivity index (χ4n) is 5.20. The smallest absolute Gasteiger partial charge is 0.224 e. The highest BCUT2D eigenvalue weighted by molar-refractivity contribution is 5.90. The van der Waals surface area contributed by atoms with Gasteiger partial charge in [0.15, 0.2) is 0 Å². The lowest BCUT2D eigenvalue weighted by molar-refractivity contribution is -0.123. The number of fused-ring (bicyclic) bond motifs is 2. The van der Waals surface area contributed by atoms with Crippen molar-refractivity contribution in [1.82, 2.24) is 10.2 Å². The zero-order chi connectivity index (χ0) is 19.5. The molecular formula is C22H32N4O2. The van der Waals surface area contributed by atoms with Gasteiger partial charge in [-0.15, -0.1) is 0 Å². The van der Waals surface area contributed by atoms with E-state index < -0.39 is 0 Å². The maximum Gasteiger partial charge on any atom is 0.224 e. The number of nitrogens with two attached hydrogens (primary N) is 1. The number of likely N-dealkylation sites (tertiary alicyclic amines) is 1. The standard InChI is InChI=1S/C22H32N4O2/c23-22(28)17-2-1-9-26(14-17)13-15-3-5-18(6-4-15)25-21(27)12-16-10-19-7-8-20(11-16)24-19/h3-6,16-17,19-20,24H,1-2,7-14H2,(H2,23,28)(H,25,27). The summed E-state index contributed by atoms with van der Waals surface area (Å²) in [5.74, 6) is 0.414. The van der Waals surface area contributed by atoms with Crippen molar-refractivity contribution in [2.45, 2.75) is 63.6 Å². The van der Waals surface area contributed by atoms with Gasteiger partial charge in [0.25, 0.3) is 0 Å². The highest BCUT2D eigenvalue weighted by Gasteiger charge is 2.34. The van der Waals surface area contributed by atoms with Crippen LogP contribution in [0.15, 0.2) is 24.3 Å². The van der Waals surface area contributed by atoms with Gasteiger partial charge in [0.2, 0.25) is 11.8 Å². The highest BCUT2D eigenvalue weighted by atomic mass is 16.2. The lowest BCUT2D eigenvalue weighted by Crippen LogP contribution is -2.40. The van der Waals surface area contributed by atoms with Crippen LogP contribution < -0.4 is 16.4 Å². The van der Waals surface area contributed by atoms with E-state index in [-0.39, 0.29) is 17.7 Å². The molecule has 0 radical (unpaired) electrons. The molecule has 0 saturated carbocycles. The van der Waals surface area contributed by atoms with Crippen molar-refractivity contribution in [2.75, 3.05) is 18.4 Å². The molecule has 6 nitrogen and oxygen atoms in total. The van der Waals surface area contributed by atoms with E-state index in [1.807, 2.05) is 12.1 Å². The van der Waals surface area contributed by atoms with Crippen LogP contribution in [0.2, 0.25) is 0 Å². The zero-order valence-corrected chi connectivity index (χ0v) is 16.5. The van der Waals surface area contributed by atoms with Gasteiger partial charge in [0, 0.05) is 37.3 Å². The Morgan fingerprint density at radius 1 is 1.11 bits per heavy atom. The second kappa shape index (κ2) is 8.62. The third-order valence-corrected chi connectivity index (χ3v) is 6.60. The molecule has 4 N–H and O–H groups in total. The van der Waals surface area contributed by atoms with E-state index in [1.54, 1.807) is 0 Å². The summed E-state index contributed by atoms with van der Waals surface area (Å²) in [6.45, 7) is 2.56. The first-order valence-corrected chi connectivity index (χ1v) is 10.7. The number of nitrogens with zero attached hydrogens (tertiary/aromatic N) is 1. The number of benzene rings is 1. The van der Waals surface area contributed by atoms with E-state index in [0.29, 0.717) is 24.4 Å². The van der Waals surface area contributed by atoms with Crippen molar-refractivity contribution in [2.24, 2.45) is 17.6 Å². The van der Waals surface area contributed by atoms with Gasteiger partial charge in [-0.25, -0.2) is 0 Å². The van der Waals surface area contributed by atoms with Gasteiger partial charge in [-0.1, -0.05) is 12.1 Å². The lowest BCUT2D eigenvalue weighted by Gasteiger charge is -2.31. The van der Waals surface area contributed by atoms with Crippen LogP contribution in [0.25, 0.3) is 0 Å². The Kier molecular flexibility index (Phi) is 5.97. The molecule has 1 aromatic carbocycles. The number of primary amides is 1. The number of rotatable bonds is 6. The normalized spacial score (nSPS) is 30.1. The Labute approximate surface area is 167 Å². The summed E-state index contributed by atoms with van der Waals surface area (Å²) in [4.78, 5) is 26.2. The van der Waals surface area contributed by atoms with Gasteiger partial charge in [0.1, 0.15) is 0 Å². The van der Waals surface area contributed by atoms with Gasteiger partial charge < -0.3 is 16.4 Å². The molecule has 6 heteroatoms. The number of carbonyl (C=O) groups excluding carboxylic acids is 2. The Bertz CT molecular complexity index is 693. The molecule has 3 aliphatic rings. The summed E-state index contributed by atoms with van der Waals surface area (Å²) in [7, 11) is 0. The first-order chi connectivity index (χ1) is 13.5. The molecule has 2 amide bonds.